The predicted octanol–water partition coefficient (Wildman–Crippen LogP) is 3.53. The van der Waals surface area contributed by atoms with Crippen molar-refractivity contribution in [1.29, 1.82) is 0 Å². The lowest BCUT2D eigenvalue weighted by Gasteiger charge is -2.26. The topological polar surface area (TPSA) is 55.2 Å². The van der Waals surface area contributed by atoms with Crippen molar-refractivity contribution in [2.24, 2.45) is 7.05 Å². The lowest BCUT2D eigenvalue weighted by atomic mass is 10.2. The Morgan fingerprint density at radius 1 is 1.28 bits per heavy atom. The van der Waals surface area contributed by atoms with Crippen LogP contribution in [0, 0.1) is 0 Å². The van der Waals surface area contributed by atoms with Crippen molar-refractivity contribution in [3.05, 3.63) is 52.1 Å². The van der Waals surface area contributed by atoms with Gasteiger partial charge in [-0.05, 0) is 37.4 Å². The Morgan fingerprint density at radius 3 is 2.68 bits per heavy atom. The van der Waals surface area contributed by atoms with E-state index in [1.165, 1.54) is 27.7 Å². The van der Waals surface area contributed by atoms with Crippen LogP contribution in [0.4, 0.5) is 5.69 Å². The van der Waals surface area contributed by atoms with Crippen LogP contribution in [0.2, 0.25) is 0 Å². The van der Waals surface area contributed by atoms with Crippen LogP contribution in [-0.2, 0) is 11.8 Å². The van der Waals surface area contributed by atoms with E-state index in [2.05, 4.69) is 4.98 Å². The lowest BCUT2D eigenvalue weighted by molar-refractivity contribution is -0.116. The summed E-state index contributed by atoms with van der Waals surface area (Å²) in [5.41, 5.74) is 0.795. The maximum Gasteiger partial charge on any atom is 0.262 e. The lowest BCUT2D eigenvalue weighted by Crippen LogP contribution is -2.38. The van der Waals surface area contributed by atoms with E-state index in [0.29, 0.717) is 15.4 Å². The van der Waals surface area contributed by atoms with Gasteiger partial charge in [-0.2, -0.15) is 0 Å². The van der Waals surface area contributed by atoms with Gasteiger partial charge in [0.15, 0.2) is 5.16 Å². The first-order chi connectivity index (χ1) is 12.0. The van der Waals surface area contributed by atoms with Crippen molar-refractivity contribution in [2.75, 3.05) is 10.7 Å². The Labute approximate surface area is 154 Å². The molecule has 5 nitrogen and oxygen atoms in total. The van der Waals surface area contributed by atoms with Crippen LogP contribution >= 0.6 is 23.1 Å². The van der Waals surface area contributed by atoms with E-state index in [4.69, 9.17) is 0 Å². The van der Waals surface area contributed by atoms with Crippen molar-refractivity contribution in [3.8, 4) is 0 Å². The second-order valence-corrected chi connectivity index (χ2v) is 7.72. The zero-order chi connectivity index (χ0) is 18.0. The molecule has 0 radical (unpaired) electrons. The third kappa shape index (κ3) is 3.62. The number of benzene rings is 1. The Hall–Kier alpha value is -2.12. The monoisotopic (exact) mass is 373 g/mol. The minimum atomic E-state index is -0.0787. The number of nitrogens with zero attached hydrogens (tertiary/aromatic N) is 3. The molecule has 3 aromatic rings. The van der Waals surface area contributed by atoms with Crippen LogP contribution < -0.4 is 10.5 Å². The number of carbonyl (C=O) groups is 1. The Morgan fingerprint density at radius 2 is 2.00 bits per heavy atom. The first-order valence-corrected chi connectivity index (χ1v) is 9.79. The molecular formula is C18H19N3O2S2. The summed E-state index contributed by atoms with van der Waals surface area (Å²) >= 11 is 2.73. The molecular weight excluding hydrogens is 354 g/mol. The van der Waals surface area contributed by atoms with Gasteiger partial charge in [0.1, 0.15) is 4.83 Å². The van der Waals surface area contributed by atoms with E-state index in [-0.39, 0.29) is 23.3 Å². The van der Waals surface area contributed by atoms with E-state index in [9.17, 15) is 9.59 Å². The quantitative estimate of drug-likeness (QED) is 0.507. The van der Waals surface area contributed by atoms with Crippen LogP contribution in [0.15, 0.2) is 51.7 Å². The molecule has 0 saturated heterocycles. The predicted molar refractivity (Wildman–Crippen MR) is 105 cm³/mol. The van der Waals surface area contributed by atoms with Crippen LogP contribution in [0.25, 0.3) is 10.2 Å². The smallest absolute Gasteiger partial charge is 0.262 e. The summed E-state index contributed by atoms with van der Waals surface area (Å²) in [5.74, 6) is 0.219. The summed E-state index contributed by atoms with van der Waals surface area (Å²) in [6.07, 6.45) is 0. The van der Waals surface area contributed by atoms with Crippen LogP contribution in [0.1, 0.15) is 13.8 Å². The molecule has 0 spiro atoms. The number of anilines is 1. The summed E-state index contributed by atoms with van der Waals surface area (Å²) in [5, 5.41) is 3.04. The Kier molecular flexibility index (Phi) is 5.24. The zero-order valence-electron chi connectivity index (χ0n) is 14.3. The minimum Gasteiger partial charge on any atom is -0.309 e. The molecule has 0 bridgehead atoms. The summed E-state index contributed by atoms with van der Waals surface area (Å²) < 4.78 is 1.51. The molecule has 0 N–H and O–H groups in total. The molecule has 0 fully saturated rings. The minimum absolute atomic E-state index is 0.00766. The average molecular weight is 374 g/mol. The fourth-order valence-corrected chi connectivity index (χ4v) is 4.26. The SMILES string of the molecule is CC(C)N(C(=O)CSc1nc2sccc2c(=O)n1C)c1ccccc1. The van der Waals surface area contributed by atoms with E-state index in [1.54, 1.807) is 18.0 Å². The van der Waals surface area contributed by atoms with Crippen molar-refractivity contribution < 1.29 is 4.79 Å². The summed E-state index contributed by atoms with van der Waals surface area (Å²) in [6.45, 7) is 3.97. The van der Waals surface area contributed by atoms with Gasteiger partial charge in [-0.25, -0.2) is 4.98 Å². The van der Waals surface area contributed by atoms with Crippen LogP contribution in [0.5, 0.6) is 0 Å². The van der Waals surface area contributed by atoms with Crippen LogP contribution in [-0.4, -0.2) is 27.3 Å². The number of thiophene rings is 1. The van der Waals surface area contributed by atoms with Gasteiger partial charge in [0.2, 0.25) is 5.91 Å². The maximum absolute atomic E-state index is 12.8. The highest BCUT2D eigenvalue weighted by atomic mass is 32.2. The number of hydrogen-bond acceptors (Lipinski definition) is 5. The van der Waals surface area contributed by atoms with Gasteiger partial charge in [0.25, 0.3) is 5.56 Å². The van der Waals surface area contributed by atoms with Gasteiger partial charge in [-0.15, -0.1) is 11.3 Å². The fraction of sp³-hybridized carbons (Fsp3) is 0.278. The molecule has 0 atom stereocenters. The Balaban J connectivity index is 1.82. The first-order valence-electron chi connectivity index (χ1n) is 7.93. The first kappa shape index (κ1) is 17.7. The number of rotatable bonds is 5. The van der Waals surface area contributed by atoms with Crippen molar-refractivity contribution in [1.82, 2.24) is 9.55 Å². The highest BCUT2D eigenvalue weighted by Gasteiger charge is 2.20. The second kappa shape index (κ2) is 7.41. The number of fused-ring (bicyclic) bond motifs is 1. The van der Waals surface area contributed by atoms with Gasteiger partial charge in [-0.1, -0.05) is 30.0 Å². The summed E-state index contributed by atoms with van der Waals surface area (Å²) in [4.78, 5) is 32.1. The van der Waals surface area contributed by atoms with E-state index < -0.39 is 0 Å². The maximum atomic E-state index is 12.8. The molecule has 2 aromatic heterocycles. The molecule has 25 heavy (non-hydrogen) atoms. The van der Waals surface area contributed by atoms with Gasteiger partial charge in [0.05, 0.1) is 11.1 Å². The van der Waals surface area contributed by atoms with E-state index in [0.717, 1.165) is 5.69 Å². The number of para-hydroxylation sites is 1. The molecule has 0 unspecified atom stereocenters. The molecule has 7 heteroatoms. The molecule has 1 aromatic carbocycles. The second-order valence-electron chi connectivity index (χ2n) is 5.88. The van der Waals surface area contributed by atoms with Crippen LogP contribution in [0.3, 0.4) is 0 Å². The van der Waals surface area contributed by atoms with Crippen molar-refractivity contribution in [3.63, 3.8) is 0 Å². The molecule has 3 rings (SSSR count). The van der Waals surface area contributed by atoms with E-state index >= 15 is 0 Å². The van der Waals surface area contributed by atoms with Crippen molar-refractivity contribution >= 4 is 44.9 Å². The number of amides is 1. The number of thioether (sulfide) groups is 1. The van der Waals surface area contributed by atoms with Crippen molar-refractivity contribution in [2.45, 2.75) is 25.0 Å². The fourth-order valence-electron chi connectivity index (χ4n) is 2.62. The summed E-state index contributed by atoms with van der Waals surface area (Å²) in [6, 6.07) is 11.4. The van der Waals surface area contributed by atoms with E-state index in [1.807, 2.05) is 49.6 Å². The zero-order valence-corrected chi connectivity index (χ0v) is 15.9. The Bertz CT molecular complexity index is 948. The summed E-state index contributed by atoms with van der Waals surface area (Å²) in [7, 11) is 1.69. The molecule has 0 aliphatic carbocycles. The molecule has 0 saturated carbocycles. The van der Waals surface area contributed by atoms with Gasteiger partial charge in [0, 0.05) is 18.8 Å². The highest BCUT2D eigenvalue weighted by Crippen LogP contribution is 2.23. The normalized spacial score (nSPS) is 11.2. The molecule has 0 aliphatic heterocycles. The van der Waals surface area contributed by atoms with Gasteiger partial charge >= 0.3 is 0 Å². The molecule has 130 valence electrons. The standard InChI is InChI=1S/C18H19N3O2S2/c1-12(2)21(13-7-5-4-6-8-13)15(22)11-25-18-19-16-14(9-10-24-16)17(23)20(18)3/h4-10,12H,11H2,1-3H3. The number of carbonyl (C=O) groups excluding carboxylic acids is 1. The number of aromatic nitrogens is 2. The number of hydrogen-bond donors (Lipinski definition) is 0. The largest absolute Gasteiger partial charge is 0.309 e. The third-order valence-electron chi connectivity index (χ3n) is 3.81. The third-order valence-corrected chi connectivity index (χ3v) is 5.63. The average Bonchev–Trinajstić information content (AvgIpc) is 3.06. The van der Waals surface area contributed by atoms with Gasteiger partial charge in [-0.3, -0.25) is 14.2 Å². The molecule has 2 heterocycles. The highest BCUT2D eigenvalue weighted by molar-refractivity contribution is 7.99. The molecule has 1 amide bonds. The molecule has 0 aliphatic rings. The van der Waals surface area contributed by atoms with Gasteiger partial charge < -0.3 is 4.90 Å².